The van der Waals surface area contributed by atoms with Crippen molar-refractivity contribution in [3.8, 4) is 11.8 Å². The maximum absolute atomic E-state index is 13.8. The number of nitrogens with zero attached hydrogens (tertiary/aromatic N) is 4. The molecule has 1 aromatic heterocycles. The fourth-order valence-corrected chi connectivity index (χ4v) is 5.64. The minimum atomic E-state index is -4.95. The molecule has 0 bridgehead atoms. The van der Waals surface area contributed by atoms with E-state index < -0.39 is 45.8 Å². The lowest BCUT2D eigenvalue weighted by atomic mass is 10.1. The van der Waals surface area contributed by atoms with Crippen molar-refractivity contribution in [1.82, 2.24) is 14.5 Å². The summed E-state index contributed by atoms with van der Waals surface area (Å²) in [6.07, 6.45) is -3.73. The van der Waals surface area contributed by atoms with Crippen molar-refractivity contribution < 1.29 is 30.8 Å². The van der Waals surface area contributed by atoms with Crippen LogP contribution >= 0.6 is 11.6 Å². The van der Waals surface area contributed by atoms with Crippen LogP contribution in [0, 0.1) is 17.1 Å². The van der Waals surface area contributed by atoms with Crippen LogP contribution < -0.4 is 0 Å². The molecule has 1 fully saturated rings. The third-order valence-electron chi connectivity index (χ3n) is 7.03. The summed E-state index contributed by atoms with van der Waals surface area (Å²) in [6.45, 7) is 2.86. The summed E-state index contributed by atoms with van der Waals surface area (Å²) in [6, 6.07) is 10.1. The van der Waals surface area contributed by atoms with Crippen LogP contribution in [0.5, 0.6) is 0 Å². The first kappa shape index (κ1) is 33.1. The first-order valence-electron chi connectivity index (χ1n) is 12.9. The van der Waals surface area contributed by atoms with Crippen LogP contribution in [0.4, 0.5) is 17.6 Å². The zero-order valence-electron chi connectivity index (χ0n) is 22.3. The first-order chi connectivity index (χ1) is 19.3. The molecule has 42 heavy (non-hydrogen) atoms. The lowest BCUT2D eigenvalue weighted by Gasteiger charge is -2.30. The molecule has 1 aliphatic carbocycles. The van der Waals surface area contributed by atoms with Gasteiger partial charge >= 0.3 is 6.18 Å². The van der Waals surface area contributed by atoms with Gasteiger partial charge in [-0.25, -0.2) is 17.8 Å². The second-order valence-electron chi connectivity index (χ2n) is 9.90. The van der Waals surface area contributed by atoms with E-state index in [-0.39, 0.29) is 37.0 Å². The summed E-state index contributed by atoms with van der Waals surface area (Å²) in [7, 11) is -3.52. The normalized spacial score (nSPS) is 14.1. The molecule has 7 nitrogen and oxygen atoms in total. The molecular weight excluding hydrogens is 596 g/mol. The van der Waals surface area contributed by atoms with Gasteiger partial charge < -0.3 is 4.90 Å². The molecule has 0 saturated heterocycles. The number of amides is 1. The number of carbonyl (C=O) groups excluding carboxylic acids is 1. The van der Waals surface area contributed by atoms with Gasteiger partial charge in [0.15, 0.2) is 9.84 Å². The Morgan fingerprint density at radius 3 is 2.40 bits per heavy atom. The van der Waals surface area contributed by atoms with E-state index in [1.807, 2.05) is 6.07 Å². The molecule has 1 aliphatic rings. The van der Waals surface area contributed by atoms with E-state index in [1.54, 1.807) is 35.8 Å². The van der Waals surface area contributed by atoms with Gasteiger partial charge in [-0.1, -0.05) is 32.0 Å². The number of rotatable bonds is 10. The molecule has 0 unspecified atom stereocenters. The van der Waals surface area contributed by atoms with E-state index >= 15 is 0 Å². The Balaban J connectivity index is 0.00000484. The predicted molar refractivity (Wildman–Crippen MR) is 152 cm³/mol. The topological polar surface area (TPSA) is 96.1 Å². The fourth-order valence-electron chi connectivity index (χ4n) is 4.49. The number of hydrogen-bond donors (Lipinski definition) is 0. The van der Waals surface area contributed by atoms with Gasteiger partial charge in [-0.15, -0.1) is 0 Å². The van der Waals surface area contributed by atoms with E-state index in [0.29, 0.717) is 40.1 Å². The van der Waals surface area contributed by atoms with E-state index in [4.69, 9.17) is 16.6 Å². The fraction of sp³-hybridized carbons (Fsp3) is 0.414. The molecule has 0 aliphatic heterocycles. The van der Waals surface area contributed by atoms with Crippen LogP contribution in [-0.4, -0.2) is 46.8 Å². The van der Waals surface area contributed by atoms with Gasteiger partial charge in [0.2, 0.25) is 5.91 Å². The number of halogens is 5. The minimum Gasteiger partial charge on any atom is -0.331 e. The second kappa shape index (κ2) is 12.8. The van der Waals surface area contributed by atoms with Crippen molar-refractivity contribution in [3.05, 3.63) is 81.6 Å². The number of benzene rings is 2. The van der Waals surface area contributed by atoms with Crippen molar-refractivity contribution in [3.63, 3.8) is 0 Å². The molecule has 0 spiro atoms. The average molecular weight is 627 g/mol. The summed E-state index contributed by atoms with van der Waals surface area (Å²) < 4.78 is 80.1. The van der Waals surface area contributed by atoms with Gasteiger partial charge in [-0.3, -0.25) is 9.36 Å². The maximum Gasteiger partial charge on any atom is 0.419 e. The maximum atomic E-state index is 13.8. The van der Waals surface area contributed by atoms with Crippen molar-refractivity contribution in [1.29, 1.82) is 5.26 Å². The second-order valence-corrected chi connectivity index (χ2v) is 12.7. The molecule has 13 heteroatoms. The number of imidazole rings is 1. The highest BCUT2D eigenvalue weighted by molar-refractivity contribution is 7.91. The molecule has 0 N–H and O–H groups in total. The minimum absolute atomic E-state index is 0. The lowest BCUT2D eigenvalue weighted by Crippen LogP contribution is -2.39. The molecule has 1 saturated carbocycles. The standard InChI is InChI=1S/C28H27ClF4N4O3S.CH4/c1-3-41(39,40)13-12-36(24(38)15-19-6-11-23(30)22(14-19)28(31,32)33)17(2)27-35-25(20-7-8-20)26(29)37(27)21-9-4-18(16-34)5-10-21;/h4-6,9-11,14,17,20H,3,7-8,12-13,15H2,1-2H3;1H4/t17-;/m0./s1. The molecule has 0 radical (unpaired) electrons. The molecule has 1 heterocycles. The van der Waals surface area contributed by atoms with Crippen LogP contribution in [0.3, 0.4) is 0 Å². The lowest BCUT2D eigenvalue weighted by molar-refractivity contribution is -0.140. The highest BCUT2D eigenvalue weighted by Gasteiger charge is 2.36. The summed E-state index contributed by atoms with van der Waals surface area (Å²) in [5, 5.41) is 9.51. The highest BCUT2D eigenvalue weighted by atomic mass is 35.5. The largest absolute Gasteiger partial charge is 0.419 e. The number of alkyl halides is 3. The average Bonchev–Trinajstić information content (AvgIpc) is 3.71. The van der Waals surface area contributed by atoms with Crippen molar-refractivity contribution in [2.45, 2.75) is 58.7 Å². The zero-order valence-corrected chi connectivity index (χ0v) is 23.8. The molecule has 2 aromatic carbocycles. The van der Waals surface area contributed by atoms with Gasteiger partial charge in [-0.05, 0) is 61.7 Å². The molecule has 1 atom stereocenters. The van der Waals surface area contributed by atoms with Crippen LogP contribution in [0.2, 0.25) is 5.15 Å². The van der Waals surface area contributed by atoms with Gasteiger partial charge in [0.1, 0.15) is 16.8 Å². The van der Waals surface area contributed by atoms with Crippen LogP contribution in [0.25, 0.3) is 5.69 Å². The third kappa shape index (κ3) is 7.31. The monoisotopic (exact) mass is 626 g/mol. The highest BCUT2D eigenvalue weighted by Crippen LogP contribution is 2.44. The summed E-state index contributed by atoms with van der Waals surface area (Å²) in [5.41, 5.74) is 0.0395. The molecule has 226 valence electrons. The smallest absolute Gasteiger partial charge is 0.331 e. The quantitative estimate of drug-likeness (QED) is 0.235. The summed E-state index contributed by atoms with van der Waals surface area (Å²) >= 11 is 6.77. The number of carbonyl (C=O) groups is 1. The van der Waals surface area contributed by atoms with Gasteiger partial charge in [-0.2, -0.15) is 18.4 Å². The van der Waals surface area contributed by atoms with Crippen molar-refractivity contribution in [2.75, 3.05) is 18.1 Å². The molecule has 1 amide bonds. The molecule has 3 aromatic rings. The van der Waals surface area contributed by atoms with E-state index in [0.717, 1.165) is 18.9 Å². The Morgan fingerprint density at radius 2 is 1.86 bits per heavy atom. The zero-order chi connectivity index (χ0) is 30.1. The van der Waals surface area contributed by atoms with Gasteiger partial charge in [0.25, 0.3) is 0 Å². The van der Waals surface area contributed by atoms with E-state index in [1.165, 1.54) is 11.8 Å². The SMILES string of the molecule is C.CCS(=O)(=O)CCN(C(=O)Cc1ccc(F)c(C(F)(F)F)c1)[C@@H](C)c1nc(C2CC2)c(Cl)n1-c1ccc(C#N)cc1. The van der Waals surface area contributed by atoms with Crippen LogP contribution in [-0.2, 0) is 27.2 Å². The predicted octanol–water partition coefficient (Wildman–Crippen LogP) is 6.64. The summed E-state index contributed by atoms with van der Waals surface area (Å²) in [5.74, 6) is -2.20. The van der Waals surface area contributed by atoms with Gasteiger partial charge in [0, 0.05) is 23.9 Å². The van der Waals surface area contributed by atoms with E-state index in [2.05, 4.69) is 0 Å². The Kier molecular flexibility index (Phi) is 10.1. The first-order valence-corrected chi connectivity index (χ1v) is 15.1. The summed E-state index contributed by atoms with van der Waals surface area (Å²) in [4.78, 5) is 19.6. The van der Waals surface area contributed by atoms with Crippen LogP contribution in [0.15, 0.2) is 42.5 Å². The van der Waals surface area contributed by atoms with Crippen LogP contribution in [0.1, 0.15) is 74.3 Å². The third-order valence-corrected chi connectivity index (χ3v) is 9.07. The Morgan fingerprint density at radius 1 is 1.21 bits per heavy atom. The van der Waals surface area contributed by atoms with Crippen molar-refractivity contribution >= 4 is 27.3 Å². The Bertz CT molecular complexity index is 1590. The number of hydrogen-bond acceptors (Lipinski definition) is 5. The number of sulfone groups is 1. The van der Waals surface area contributed by atoms with Crippen molar-refractivity contribution in [2.24, 2.45) is 0 Å². The van der Waals surface area contributed by atoms with E-state index in [9.17, 15) is 36.0 Å². The molecular formula is C29H31ClF4N4O3S. The van der Waals surface area contributed by atoms with Gasteiger partial charge in [0.05, 0.1) is 41.1 Å². The number of aromatic nitrogens is 2. The Hall–Kier alpha value is -3.43. The number of nitriles is 1. The Labute approximate surface area is 247 Å². The molecule has 4 rings (SSSR count).